The number of nitrogens with one attached hydrogen (secondary N) is 3. The predicted molar refractivity (Wildman–Crippen MR) is 119 cm³/mol. The SMILES string of the molecule is Cc1cc2[nH]c(-c3ccc(S(=O)(=O)N[C@@H](C)C(F)(F)F)cn3)c(C(=O)NC3CCC3)c2cc1O. The molecule has 4 N–H and O–H groups in total. The first-order valence-corrected chi connectivity index (χ1v) is 12.1. The van der Waals surface area contributed by atoms with Crippen molar-refractivity contribution in [2.45, 2.75) is 56.3 Å². The molecule has 1 fully saturated rings. The van der Waals surface area contributed by atoms with Crippen molar-refractivity contribution in [2.75, 3.05) is 0 Å². The van der Waals surface area contributed by atoms with Gasteiger partial charge in [0.2, 0.25) is 10.0 Å². The molecule has 8 nitrogen and oxygen atoms in total. The van der Waals surface area contributed by atoms with Gasteiger partial charge in [0.25, 0.3) is 5.91 Å². The van der Waals surface area contributed by atoms with E-state index in [0.717, 1.165) is 31.5 Å². The monoisotopic (exact) mass is 496 g/mol. The highest BCUT2D eigenvalue weighted by molar-refractivity contribution is 7.89. The number of hydrogen-bond donors (Lipinski definition) is 4. The average molecular weight is 497 g/mol. The van der Waals surface area contributed by atoms with Crippen LogP contribution in [0.25, 0.3) is 22.3 Å². The molecule has 0 bridgehead atoms. The van der Waals surface area contributed by atoms with Gasteiger partial charge in [-0.2, -0.15) is 17.9 Å². The number of carbonyl (C=O) groups excluding carboxylic acids is 1. The number of benzene rings is 1. The van der Waals surface area contributed by atoms with Crippen LogP contribution in [0.15, 0.2) is 35.4 Å². The van der Waals surface area contributed by atoms with Gasteiger partial charge in [0.05, 0.1) is 17.0 Å². The van der Waals surface area contributed by atoms with Crippen LogP contribution in [0.2, 0.25) is 0 Å². The number of aromatic nitrogens is 2. The number of phenols is 1. The van der Waals surface area contributed by atoms with Gasteiger partial charge in [-0.05, 0) is 62.9 Å². The highest BCUT2D eigenvalue weighted by Gasteiger charge is 2.39. The van der Waals surface area contributed by atoms with Gasteiger partial charge in [-0.1, -0.05) is 0 Å². The highest BCUT2D eigenvalue weighted by atomic mass is 32.2. The van der Waals surface area contributed by atoms with Gasteiger partial charge >= 0.3 is 6.18 Å². The van der Waals surface area contributed by atoms with E-state index in [1.165, 1.54) is 12.1 Å². The van der Waals surface area contributed by atoms with Gasteiger partial charge in [-0.3, -0.25) is 9.78 Å². The van der Waals surface area contributed by atoms with Gasteiger partial charge in [-0.25, -0.2) is 8.42 Å². The normalized spacial score (nSPS) is 15.8. The van der Waals surface area contributed by atoms with Crippen molar-refractivity contribution in [3.05, 3.63) is 41.6 Å². The largest absolute Gasteiger partial charge is 0.508 e. The van der Waals surface area contributed by atoms with Crippen LogP contribution in [0, 0.1) is 6.92 Å². The number of fused-ring (bicyclic) bond motifs is 1. The molecular formula is C22H23F3N4O4S. The molecule has 0 saturated heterocycles. The van der Waals surface area contributed by atoms with Crippen LogP contribution >= 0.6 is 0 Å². The average Bonchev–Trinajstić information content (AvgIpc) is 3.08. The molecule has 1 amide bonds. The van der Waals surface area contributed by atoms with Crippen LogP contribution in [0.1, 0.15) is 42.1 Å². The Morgan fingerprint density at radius 2 is 1.97 bits per heavy atom. The minimum absolute atomic E-state index is 0.00926. The molecule has 4 rings (SSSR count). The van der Waals surface area contributed by atoms with E-state index in [1.807, 2.05) is 0 Å². The molecule has 3 aromatic rings. The third-order valence-corrected chi connectivity index (χ3v) is 7.43. The zero-order valence-corrected chi connectivity index (χ0v) is 19.1. The first-order valence-electron chi connectivity index (χ1n) is 10.6. The number of aromatic amines is 1. The quantitative estimate of drug-likeness (QED) is 0.414. The molecule has 0 radical (unpaired) electrons. The molecule has 1 aliphatic carbocycles. The molecule has 1 aliphatic rings. The minimum atomic E-state index is -4.74. The maximum Gasteiger partial charge on any atom is 0.404 e. The molecular weight excluding hydrogens is 473 g/mol. The van der Waals surface area contributed by atoms with Crippen molar-refractivity contribution in [1.82, 2.24) is 20.0 Å². The summed E-state index contributed by atoms with van der Waals surface area (Å²) in [5.74, 6) is -0.358. The lowest BCUT2D eigenvalue weighted by Crippen LogP contribution is -2.42. The Hall–Kier alpha value is -3.12. The summed E-state index contributed by atoms with van der Waals surface area (Å²) in [4.78, 5) is 19.9. The van der Waals surface area contributed by atoms with Crippen LogP contribution in [0.5, 0.6) is 5.75 Å². The summed E-state index contributed by atoms with van der Waals surface area (Å²) in [5, 5.41) is 13.6. The molecule has 34 heavy (non-hydrogen) atoms. The van der Waals surface area contributed by atoms with Gasteiger partial charge in [0.15, 0.2) is 0 Å². The number of halogens is 3. The Labute approximate surface area is 193 Å². The van der Waals surface area contributed by atoms with E-state index in [0.29, 0.717) is 29.1 Å². The van der Waals surface area contributed by atoms with Gasteiger partial charge < -0.3 is 15.4 Å². The third-order valence-electron chi connectivity index (χ3n) is 5.91. The van der Waals surface area contributed by atoms with E-state index < -0.39 is 27.1 Å². The van der Waals surface area contributed by atoms with Crippen molar-refractivity contribution in [3.8, 4) is 17.1 Å². The first kappa shape index (κ1) is 24.0. The second-order valence-corrected chi connectivity index (χ2v) is 10.1. The number of alkyl halides is 3. The van der Waals surface area contributed by atoms with Crippen molar-refractivity contribution in [3.63, 3.8) is 0 Å². The molecule has 182 valence electrons. The number of aromatic hydroxyl groups is 1. The number of rotatable bonds is 6. The van der Waals surface area contributed by atoms with Crippen LogP contribution < -0.4 is 10.0 Å². The van der Waals surface area contributed by atoms with E-state index in [-0.39, 0.29) is 29.0 Å². The predicted octanol–water partition coefficient (Wildman–Crippen LogP) is 3.76. The molecule has 0 unspecified atom stereocenters. The second-order valence-electron chi connectivity index (χ2n) is 8.42. The fraction of sp³-hybridized carbons (Fsp3) is 0.364. The number of amides is 1. The summed E-state index contributed by atoms with van der Waals surface area (Å²) >= 11 is 0. The first-order chi connectivity index (χ1) is 15.9. The Morgan fingerprint density at radius 1 is 1.26 bits per heavy atom. The maximum atomic E-state index is 13.1. The van der Waals surface area contributed by atoms with Crippen LogP contribution in [-0.4, -0.2) is 47.7 Å². The Morgan fingerprint density at radius 3 is 2.53 bits per heavy atom. The molecule has 1 atom stereocenters. The highest BCUT2D eigenvalue weighted by Crippen LogP contribution is 2.34. The molecule has 2 aromatic heterocycles. The summed E-state index contributed by atoms with van der Waals surface area (Å²) in [6, 6.07) is 3.35. The van der Waals surface area contributed by atoms with Gasteiger partial charge in [0, 0.05) is 23.1 Å². The number of H-pyrrole nitrogens is 1. The zero-order valence-electron chi connectivity index (χ0n) is 18.3. The Kier molecular flexibility index (Phi) is 6.06. The Balaban J connectivity index is 1.73. The number of sulfonamides is 1. The number of hydrogen-bond acceptors (Lipinski definition) is 5. The smallest absolute Gasteiger partial charge is 0.404 e. The number of aryl methyl sites for hydroxylation is 1. The van der Waals surface area contributed by atoms with Crippen LogP contribution in [0.3, 0.4) is 0 Å². The summed E-state index contributed by atoms with van der Waals surface area (Å²) in [7, 11) is -4.47. The molecule has 12 heteroatoms. The number of phenolic OH excluding ortho intramolecular Hbond substituents is 1. The van der Waals surface area contributed by atoms with Crippen LogP contribution in [-0.2, 0) is 10.0 Å². The lowest BCUT2D eigenvalue weighted by molar-refractivity contribution is -0.147. The molecule has 2 heterocycles. The van der Waals surface area contributed by atoms with E-state index in [1.54, 1.807) is 17.7 Å². The van der Waals surface area contributed by atoms with E-state index in [2.05, 4.69) is 15.3 Å². The summed E-state index contributed by atoms with van der Waals surface area (Å²) in [5.41, 5.74) is 1.92. The van der Waals surface area contributed by atoms with E-state index in [4.69, 9.17) is 0 Å². The topological polar surface area (TPSA) is 124 Å². The summed E-state index contributed by atoms with van der Waals surface area (Å²) in [6.07, 6.45) is -1.06. The van der Waals surface area contributed by atoms with Crippen molar-refractivity contribution in [2.24, 2.45) is 0 Å². The Bertz CT molecular complexity index is 1350. The van der Waals surface area contributed by atoms with Crippen LogP contribution in [0.4, 0.5) is 13.2 Å². The fourth-order valence-corrected chi connectivity index (χ4v) is 4.81. The molecule has 0 aliphatic heterocycles. The lowest BCUT2D eigenvalue weighted by atomic mass is 9.92. The van der Waals surface area contributed by atoms with Crippen molar-refractivity contribution >= 4 is 26.8 Å². The van der Waals surface area contributed by atoms with Gasteiger partial charge in [0.1, 0.15) is 16.7 Å². The lowest BCUT2D eigenvalue weighted by Gasteiger charge is -2.26. The van der Waals surface area contributed by atoms with Crippen molar-refractivity contribution < 1.29 is 31.5 Å². The van der Waals surface area contributed by atoms with E-state index in [9.17, 15) is 31.5 Å². The molecule has 1 aromatic carbocycles. The standard InChI is InChI=1S/C22H23F3N4O4S/c1-11-8-17-15(9-18(11)30)19(21(31)27-13-4-3-5-13)20(28-17)16-7-6-14(10-26-16)34(32,33)29-12(2)22(23,24)25/h6-10,12-13,28-30H,3-5H2,1-2H3,(H,27,31)/t12-/m0/s1. The summed E-state index contributed by atoms with van der Waals surface area (Å²) in [6.45, 7) is 2.41. The zero-order chi connectivity index (χ0) is 24.8. The minimum Gasteiger partial charge on any atom is -0.508 e. The molecule has 0 spiro atoms. The number of carbonyl (C=O) groups is 1. The fourth-order valence-electron chi connectivity index (χ4n) is 3.63. The third kappa shape index (κ3) is 4.60. The van der Waals surface area contributed by atoms with Crippen molar-refractivity contribution in [1.29, 1.82) is 0 Å². The summed E-state index contributed by atoms with van der Waals surface area (Å²) < 4.78 is 64.6. The number of pyridine rings is 1. The molecule has 1 saturated carbocycles. The maximum absolute atomic E-state index is 13.1. The second kappa shape index (κ2) is 8.58. The van der Waals surface area contributed by atoms with E-state index >= 15 is 0 Å². The van der Waals surface area contributed by atoms with Gasteiger partial charge in [-0.15, -0.1) is 0 Å². The number of nitrogens with zero attached hydrogens (tertiary/aromatic N) is 1.